The van der Waals surface area contributed by atoms with Crippen molar-refractivity contribution < 1.29 is 24.4 Å². The second kappa shape index (κ2) is 11.4. The van der Waals surface area contributed by atoms with Crippen molar-refractivity contribution in [3.05, 3.63) is 53.9 Å². The summed E-state index contributed by atoms with van der Waals surface area (Å²) in [5, 5.41) is 10.3. The predicted molar refractivity (Wildman–Crippen MR) is 114 cm³/mol. The molecular formula is C23H37N3O3+2. The van der Waals surface area contributed by atoms with Gasteiger partial charge in [-0.05, 0) is 36.2 Å². The zero-order valence-corrected chi connectivity index (χ0v) is 17.9. The molecule has 6 heteroatoms. The van der Waals surface area contributed by atoms with E-state index in [0.29, 0.717) is 0 Å². The van der Waals surface area contributed by atoms with Crippen molar-refractivity contribution in [1.82, 2.24) is 4.57 Å². The molecule has 1 aliphatic heterocycles. The number of quaternary nitrogens is 2. The van der Waals surface area contributed by atoms with Gasteiger partial charge >= 0.3 is 0 Å². The van der Waals surface area contributed by atoms with Gasteiger partial charge in [-0.15, -0.1) is 0 Å². The molecule has 2 aromatic rings. The van der Waals surface area contributed by atoms with Gasteiger partial charge in [0.2, 0.25) is 0 Å². The average Bonchev–Trinajstić information content (AvgIpc) is 3.19. The van der Waals surface area contributed by atoms with Crippen molar-refractivity contribution in [2.45, 2.75) is 32.5 Å². The molecule has 29 heavy (non-hydrogen) atoms. The zero-order valence-electron chi connectivity index (χ0n) is 17.9. The summed E-state index contributed by atoms with van der Waals surface area (Å²) >= 11 is 0. The summed E-state index contributed by atoms with van der Waals surface area (Å²) in [6.45, 7) is 10.7. The highest BCUT2D eigenvalue weighted by Crippen LogP contribution is 2.14. The van der Waals surface area contributed by atoms with Gasteiger partial charge in [0, 0.05) is 12.7 Å². The van der Waals surface area contributed by atoms with Crippen LogP contribution < -0.4 is 14.5 Å². The Labute approximate surface area is 174 Å². The van der Waals surface area contributed by atoms with Crippen LogP contribution in [0.4, 0.5) is 0 Å². The Bertz CT molecular complexity index is 728. The Morgan fingerprint density at radius 2 is 2.07 bits per heavy atom. The molecule has 2 heterocycles. The lowest BCUT2D eigenvalue weighted by Gasteiger charge is -2.27. The second-order valence-electron chi connectivity index (χ2n) is 8.03. The van der Waals surface area contributed by atoms with Crippen LogP contribution in [-0.2, 0) is 17.8 Å². The predicted octanol–water partition coefficient (Wildman–Crippen LogP) is -0.384. The van der Waals surface area contributed by atoms with Crippen molar-refractivity contribution in [2.75, 3.05) is 53.0 Å². The van der Waals surface area contributed by atoms with Gasteiger partial charge in [-0.2, -0.15) is 0 Å². The Morgan fingerprint density at radius 1 is 1.24 bits per heavy atom. The first kappa shape index (κ1) is 21.8. The van der Waals surface area contributed by atoms with E-state index in [4.69, 9.17) is 9.47 Å². The van der Waals surface area contributed by atoms with Crippen LogP contribution in [0.1, 0.15) is 24.6 Å². The maximum absolute atomic E-state index is 10.3. The Morgan fingerprint density at radius 3 is 2.83 bits per heavy atom. The van der Waals surface area contributed by atoms with E-state index < -0.39 is 0 Å². The van der Waals surface area contributed by atoms with Crippen LogP contribution in [0.5, 0.6) is 5.75 Å². The first-order valence-electron chi connectivity index (χ1n) is 10.9. The van der Waals surface area contributed by atoms with Crippen LogP contribution in [0.2, 0.25) is 0 Å². The van der Waals surface area contributed by atoms with Gasteiger partial charge in [0.15, 0.2) is 0 Å². The third-order valence-corrected chi connectivity index (χ3v) is 5.87. The van der Waals surface area contributed by atoms with Gasteiger partial charge in [0.25, 0.3) is 0 Å². The van der Waals surface area contributed by atoms with Gasteiger partial charge in [0.05, 0.1) is 26.0 Å². The molecule has 0 bridgehead atoms. The zero-order chi connectivity index (χ0) is 20.5. The monoisotopic (exact) mass is 403 g/mol. The molecule has 2 atom stereocenters. The summed E-state index contributed by atoms with van der Waals surface area (Å²) in [4.78, 5) is 3.07. The number of rotatable bonds is 11. The second-order valence-corrected chi connectivity index (χ2v) is 8.03. The first-order valence-corrected chi connectivity index (χ1v) is 10.9. The maximum atomic E-state index is 10.3. The van der Waals surface area contributed by atoms with E-state index >= 15 is 0 Å². The number of hydrogen-bond donors (Lipinski definition) is 3. The van der Waals surface area contributed by atoms with Gasteiger partial charge in [-0.1, -0.05) is 19.1 Å². The van der Waals surface area contributed by atoms with Crippen LogP contribution >= 0.6 is 0 Å². The van der Waals surface area contributed by atoms with Crippen molar-refractivity contribution in [1.29, 1.82) is 0 Å². The van der Waals surface area contributed by atoms with Gasteiger partial charge in [-0.3, -0.25) is 0 Å². The quantitative estimate of drug-likeness (QED) is 0.479. The molecule has 0 radical (unpaired) electrons. The third kappa shape index (κ3) is 6.85. The molecule has 160 valence electrons. The number of aliphatic hydroxyl groups is 1. The molecule has 1 aromatic carbocycles. The molecule has 1 fully saturated rings. The largest absolute Gasteiger partial charge is 0.497 e. The third-order valence-electron chi connectivity index (χ3n) is 5.87. The van der Waals surface area contributed by atoms with Crippen molar-refractivity contribution in [3.8, 4) is 5.75 Å². The number of aliphatic hydroxyl groups excluding tert-OH is 1. The fourth-order valence-corrected chi connectivity index (χ4v) is 3.99. The van der Waals surface area contributed by atoms with E-state index in [1.165, 1.54) is 16.2 Å². The lowest BCUT2D eigenvalue weighted by atomic mass is 10.2. The van der Waals surface area contributed by atoms with Gasteiger partial charge in [-0.25, -0.2) is 0 Å². The van der Waals surface area contributed by atoms with E-state index in [1.807, 2.05) is 12.1 Å². The molecular weight excluding hydrogens is 366 g/mol. The minimum Gasteiger partial charge on any atom is -0.497 e. The SMILES string of the molecule is CC[C@H](O)C[NH+](CC[NH+]1CCOCC1)Cc1cccn1Cc1cccc(OC)c1. The van der Waals surface area contributed by atoms with Crippen LogP contribution in [0.15, 0.2) is 42.6 Å². The van der Waals surface area contributed by atoms with Crippen LogP contribution in [0.3, 0.4) is 0 Å². The molecule has 0 amide bonds. The van der Waals surface area contributed by atoms with Gasteiger partial charge in [0.1, 0.15) is 51.1 Å². The molecule has 1 unspecified atom stereocenters. The smallest absolute Gasteiger partial charge is 0.127 e. The number of aromatic nitrogens is 1. The van der Waals surface area contributed by atoms with Crippen LogP contribution in [0, 0.1) is 0 Å². The topological polar surface area (TPSA) is 52.5 Å². The molecule has 1 saturated heterocycles. The Hall–Kier alpha value is -1.86. The van der Waals surface area contributed by atoms with Crippen molar-refractivity contribution in [2.24, 2.45) is 0 Å². The number of benzene rings is 1. The standard InChI is InChI=1S/C23H35N3O3/c1-3-22(27)19-25(11-10-24-12-14-29-15-13-24)18-21-7-5-9-26(21)17-20-6-4-8-23(16-20)28-2/h4-9,16,22,27H,3,10-15,17-19H2,1-2H3/p+2/t22-/m0/s1. The Kier molecular flexibility index (Phi) is 8.55. The number of methoxy groups -OCH3 is 1. The summed E-state index contributed by atoms with van der Waals surface area (Å²) in [5.74, 6) is 0.892. The molecule has 0 saturated carbocycles. The maximum Gasteiger partial charge on any atom is 0.127 e. The molecule has 3 N–H and O–H groups in total. The number of hydrogen-bond acceptors (Lipinski definition) is 3. The highest BCUT2D eigenvalue weighted by molar-refractivity contribution is 5.29. The summed E-state index contributed by atoms with van der Waals surface area (Å²) in [6.07, 6.45) is 2.71. The highest BCUT2D eigenvalue weighted by Gasteiger charge is 2.20. The van der Waals surface area contributed by atoms with Crippen molar-refractivity contribution >= 4 is 0 Å². The fraction of sp³-hybridized carbons (Fsp3) is 0.565. The van der Waals surface area contributed by atoms with Crippen molar-refractivity contribution in [3.63, 3.8) is 0 Å². The lowest BCUT2D eigenvalue weighted by molar-refractivity contribution is -0.969. The summed E-state index contributed by atoms with van der Waals surface area (Å²) in [5.41, 5.74) is 2.54. The average molecular weight is 404 g/mol. The minimum atomic E-state index is -0.244. The highest BCUT2D eigenvalue weighted by atomic mass is 16.5. The first-order chi connectivity index (χ1) is 14.2. The molecule has 1 aliphatic rings. The number of morpholine rings is 1. The normalized spacial score (nSPS) is 17.2. The van der Waals surface area contributed by atoms with E-state index in [2.05, 4.69) is 42.0 Å². The molecule has 0 aliphatic carbocycles. The number of nitrogens with one attached hydrogen (secondary N) is 2. The lowest BCUT2D eigenvalue weighted by Crippen LogP contribution is -3.21. The molecule has 0 spiro atoms. The number of nitrogens with zero attached hydrogens (tertiary/aromatic N) is 1. The molecule has 6 nitrogen and oxygen atoms in total. The Balaban J connectivity index is 1.64. The van der Waals surface area contributed by atoms with E-state index in [9.17, 15) is 5.11 Å². The molecule has 3 rings (SSSR count). The summed E-state index contributed by atoms with van der Waals surface area (Å²) in [6, 6.07) is 12.6. The fourth-order valence-electron chi connectivity index (χ4n) is 3.99. The van der Waals surface area contributed by atoms with E-state index in [1.54, 1.807) is 12.0 Å². The number of ether oxygens (including phenoxy) is 2. The van der Waals surface area contributed by atoms with Gasteiger partial charge < -0.3 is 28.9 Å². The van der Waals surface area contributed by atoms with Crippen LogP contribution in [-0.4, -0.2) is 68.8 Å². The van der Waals surface area contributed by atoms with Crippen LogP contribution in [0.25, 0.3) is 0 Å². The summed E-state index contributed by atoms with van der Waals surface area (Å²) in [7, 11) is 1.71. The molecule has 1 aromatic heterocycles. The summed E-state index contributed by atoms with van der Waals surface area (Å²) < 4.78 is 13.2. The van der Waals surface area contributed by atoms with E-state index in [-0.39, 0.29) is 6.10 Å². The minimum absolute atomic E-state index is 0.244. The van der Waals surface area contributed by atoms with E-state index in [0.717, 1.165) is 71.2 Å².